The molecule has 31 heavy (non-hydrogen) atoms. The van der Waals surface area contributed by atoms with E-state index in [2.05, 4.69) is 0 Å². The Bertz CT molecular complexity index is 1170. The first-order valence-corrected chi connectivity index (χ1v) is 11.3. The van der Waals surface area contributed by atoms with Gasteiger partial charge in [-0.15, -0.1) is 0 Å². The maximum atomic E-state index is 14.3. The number of aliphatic hydroxyl groups is 1. The molecule has 5 rings (SSSR count). The highest BCUT2D eigenvalue weighted by atomic mass is 35.5. The van der Waals surface area contributed by atoms with E-state index < -0.39 is 17.0 Å². The van der Waals surface area contributed by atoms with Gasteiger partial charge in [-0.2, -0.15) is 0 Å². The second kappa shape index (κ2) is 6.81. The fraction of sp³-hybridized carbons (Fsp3) is 0.400. The van der Waals surface area contributed by atoms with E-state index in [9.17, 15) is 14.3 Å². The summed E-state index contributed by atoms with van der Waals surface area (Å²) in [5.41, 5.74) is 2.03. The molecule has 2 aromatic carbocycles. The Kier molecular flexibility index (Phi) is 4.61. The van der Waals surface area contributed by atoms with Crippen LogP contribution in [-0.4, -0.2) is 22.1 Å². The molecule has 0 saturated carbocycles. The lowest BCUT2D eigenvalue weighted by atomic mass is 9.68. The monoisotopic (exact) mass is 460 g/mol. The van der Waals surface area contributed by atoms with E-state index >= 15 is 0 Å². The zero-order valence-electron chi connectivity index (χ0n) is 17.6. The third-order valence-corrected chi connectivity index (χ3v) is 8.08. The average Bonchev–Trinajstić information content (AvgIpc) is 3.29. The van der Waals surface area contributed by atoms with Crippen LogP contribution in [0, 0.1) is 17.7 Å². The Balaban J connectivity index is 1.68. The van der Waals surface area contributed by atoms with Gasteiger partial charge in [-0.1, -0.05) is 48.3 Å². The molecule has 2 bridgehead atoms. The summed E-state index contributed by atoms with van der Waals surface area (Å²) in [6.07, 6.45) is 2.30. The molecule has 2 fully saturated rings. The number of carbonyl (C=O) groups excluding carboxylic acids is 1. The summed E-state index contributed by atoms with van der Waals surface area (Å²) < 4.78 is 20.5. The number of hydrogen-bond acceptors (Lipinski definition) is 3. The minimum atomic E-state index is -0.676. The molecule has 3 nitrogen and oxygen atoms in total. The van der Waals surface area contributed by atoms with Crippen molar-refractivity contribution in [3.8, 4) is 11.1 Å². The van der Waals surface area contributed by atoms with Crippen molar-refractivity contribution in [3.63, 3.8) is 0 Å². The van der Waals surface area contributed by atoms with Crippen LogP contribution in [0.25, 0.3) is 16.7 Å². The van der Waals surface area contributed by atoms with E-state index in [0.717, 1.165) is 18.4 Å². The van der Waals surface area contributed by atoms with Gasteiger partial charge in [-0.3, -0.25) is 4.79 Å². The van der Waals surface area contributed by atoms with E-state index in [4.69, 9.17) is 27.9 Å². The van der Waals surface area contributed by atoms with Crippen LogP contribution < -0.4 is 0 Å². The van der Waals surface area contributed by atoms with Crippen molar-refractivity contribution in [2.75, 3.05) is 0 Å². The molecule has 0 aromatic heterocycles. The van der Waals surface area contributed by atoms with E-state index in [-0.39, 0.29) is 33.4 Å². The number of halogens is 3. The lowest BCUT2D eigenvalue weighted by Gasteiger charge is -2.30. The first-order chi connectivity index (χ1) is 14.6. The van der Waals surface area contributed by atoms with Gasteiger partial charge in [0.25, 0.3) is 0 Å². The Morgan fingerprint density at radius 1 is 1.10 bits per heavy atom. The number of fused-ring (bicyclic) bond motifs is 5. The third kappa shape index (κ3) is 2.78. The predicted molar refractivity (Wildman–Crippen MR) is 120 cm³/mol. The van der Waals surface area contributed by atoms with Crippen molar-refractivity contribution in [1.82, 2.24) is 0 Å². The van der Waals surface area contributed by atoms with Crippen molar-refractivity contribution >= 4 is 34.6 Å². The molecule has 2 aromatic rings. The molecule has 0 amide bonds. The van der Waals surface area contributed by atoms with Crippen molar-refractivity contribution < 1.29 is 19.0 Å². The van der Waals surface area contributed by atoms with Gasteiger partial charge < -0.3 is 9.84 Å². The smallest absolute Gasteiger partial charge is 0.173 e. The van der Waals surface area contributed by atoms with Gasteiger partial charge in [0.2, 0.25) is 0 Å². The molecule has 0 radical (unpaired) electrons. The summed E-state index contributed by atoms with van der Waals surface area (Å²) in [4.78, 5) is 13.6. The highest BCUT2D eigenvalue weighted by molar-refractivity contribution is 6.36. The lowest BCUT2D eigenvalue weighted by molar-refractivity contribution is -0.121. The molecule has 2 heterocycles. The van der Waals surface area contributed by atoms with Crippen LogP contribution in [0.1, 0.15) is 44.7 Å². The summed E-state index contributed by atoms with van der Waals surface area (Å²) in [7, 11) is 0. The molecule has 1 aliphatic carbocycles. The van der Waals surface area contributed by atoms with Gasteiger partial charge in [0.15, 0.2) is 11.6 Å². The fourth-order valence-corrected chi connectivity index (χ4v) is 6.37. The van der Waals surface area contributed by atoms with E-state index in [0.29, 0.717) is 28.7 Å². The fourth-order valence-electron chi connectivity index (χ4n) is 5.89. The number of carbonyl (C=O) groups is 1. The summed E-state index contributed by atoms with van der Waals surface area (Å²) in [5.74, 6) is -1.36. The van der Waals surface area contributed by atoms with Gasteiger partial charge in [-0.25, -0.2) is 4.39 Å². The molecule has 162 valence electrons. The van der Waals surface area contributed by atoms with Crippen LogP contribution >= 0.6 is 23.2 Å². The van der Waals surface area contributed by atoms with Crippen LogP contribution in [-0.2, 0) is 16.0 Å². The Morgan fingerprint density at radius 3 is 2.42 bits per heavy atom. The number of ether oxygens (including phenoxy) is 1. The second-order valence-electron chi connectivity index (χ2n) is 9.26. The maximum absolute atomic E-state index is 14.3. The molecule has 2 saturated heterocycles. The molecule has 4 atom stereocenters. The number of rotatable bonds is 3. The zero-order chi connectivity index (χ0) is 22.3. The topological polar surface area (TPSA) is 46.5 Å². The number of Topliss-reactive ketones (excluding diaryl/α,β-unsaturated/α-hetero) is 1. The van der Waals surface area contributed by atoms with Crippen molar-refractivity contribution in [1.29, 1.82) is 0 Å². The van der Waals surface area contributed by atoms with Crippen LogP contribution in [0.3, 0.4) is 0 Å². The average molecular weight is 461 g/mol. The Labute approximate surface area is 190 Å². The largest absolute Gasteiger partial charge is 0.511 e. The Morgan fingerprint density at radius 2 is 1.77 bits per heavy atom. The maximum Gasteiger partial charge on any atom is 0.173 e. The quantitative estimate of drug-likeness (QED) is 0.512. The number of ketones is 1. The number of aryl methyl sites for hydroxylation is 1. The highest BCUT2D eigenvalue weighted by Gasteiger charge is 2.69. The molecule has 3 aliphatic rings. The third-order valence-electron chi connectivity index (χ3n) is 7.42. The number of hydrogen-bond donors (Lipinski definition) is 1. The van der Waals surface area contributed by atoms with Gasteiger partial charge >= 0.3 is 0 Å². The predicted octanol–water partition coefficient (Wildman–Crippen LogP) is 6.79. The number of aliphatic hydroxyl groups excluding tert-OH is 1. The summed E-state index contributed by atoms with van der Waals surface area (Å²) in [5, 5.41) is 11.2. The van der Waals surface area contributed by atoms with Crippen LogP contribution in [0.5, 0.6) is 0 Å². The van der Waals surface area contributed by atoms with Crippen LogP contribution in [0.4, 0.5) is 4.39 Å². The zero-order valence-corrected chi connectivity index (χ0v) is 19.1. The highest BCUT2D eigenvalue weighted by Crippen LogP contribution is 2.63. The van der Waals surface area contributed by atoms with Crippen molar-refractivity contribution in [2.45, 2.75) is 51.2 Å². The Hall–Kier alpha value is -1.88. The molecule has 2 aliphatic heterocycles. The van der Waals surface area contributed by atoms with E-state index in [1.165, 1.54) is 6.07 Å². The standard InChI is InChI=1S/C25H23Cl2FO3/c1-4-12-5-6-13(14-7-8-16(26)21(28)20(14)27)11-15(12)17-22(29)18-19(23(17)30)25(3)10-9-24(18,2)31-25/h5-8,11,18-19,29H,4,9-10H2,1-3H3/t18-,19+,24-,25+/m1/s1. The second-order valence-corrected chi connectivity index (χ2v) is 10.0. The first kappa shape index (κ1) is 21.0. The molecule has 0 spiro atoms. The summed E-state index contributed by atoms with van der Waals surface area (Å²) >= 11 is 12.1. The van der Waals surface area contributed by atoms with Gasteiger partial charge in [0, 0.05) is 5.56 Å². The van der Waals surface area contributed by atoms with E-state index in [1.54, 1.807) is 6.07 Å². The molecular weight excluding hydrogens is 438 g/mol. The summed E-state index contributed by atoms with van der Waals surface area (Å²) in [6, 6.07) is 8.71. The van der Waals surface area contributed by atoms with Gasteiger partial charge in [-0.05, 0) is 61.9 Å². The lowest BCUT2D eigenvalue weighted by Crippen LogP contribution is -2.39. The molecular formula is C25H23Cl2FO3. The van der Waals surface area contributed by atoms with Crippen molar-refractivity contribution in [2.24, 2.45) is 11.8 Å². The SMILES string of the molecule is CCc1ccc(-c2ccc(Cl)c(F)c2Cl)cc1C1=C(O)[C@H]2[C@@H](C1=O)[C@]1(C)CC[C@@]2(C)O1. The normalized spacial score (nSPS) is 31.6. The number of benzene rings is 2. The summed E-state index contributed by atoms with van der Waals surface area (Å²) in [6.45, 7) is 5.97. The molecule has 1 N–H and O–H groups in total. The van der Waals surface area contributed by atoms with E-state index in [1.807, 2.05) is 39.0 Å². The van der Waals surface area contributed by atoms with Crippen molar-refractivity contribution in [3.05, 3.63) is 63.1 Å². The number of allylic oxidation sites excluding steroid dienone is 1. The molecule has 6 heteroatoms. The van der Waals surface area contributed by atoms with Gasteiger partial charge in [0.1, 0.15) is 5.76 Å². The van der Waals surface area contributed by atoms with Gasteiger partial charge in [0.05, 0.1) is 38.7 Å². The molecule has 0 unspecified atom stereocenters. The van der Waals surface area contributed by atoms with Crippen LogP contribution in [0.15, 0.2) is 36.1 Å². The minimum absolute atomic E-state index is 0.0461. The van der Waals surface area contributed by atoms with Crippen LogP contribution in [0.2, 0.25) is 10.0 Å². The first-order valence-electron chi connectivity index (χ1n) is 10.6. The minimum Gasteiger partial charge on any atom is -0.511 e.